The zero-order valence-corrected chi connectivity index (χ0v) is 18.8. The molecule has 4 bridgehead atoms. The fraction of sp³-hybridized carbons (Fsp3) is 0.609. The second-order valence-electron chi connectivity index (χ2n) is 9.64. The van der Waals surface area contributed by atoms with E-state index in [1.165, 1.54) is 49.9 Å². The third-order valence-electron chi connectivity index (χ3n) is 7.20. The maximum Gasteiger partial charge on any atom is 0.231 e. The lowest BCUT2D eigenvalue weighted by atomic mass is 9.49. The van der Waals surface area contributed by atoms with Crippen LogP contribution in [0.2, 0.25) is 0 Å². The average Bonchev–Trinajstić information content (AvgIpc) is 3.32. The van der Waals surface area contributed by atoms with E-state index >= 15 is 0 Å². The number of carbonyl (C=O) groups excluding carboxylic acids is 2. The van der Waals surface area contributed by atoms with Gasteiger partial charge in [0, 0.05) is 16.8 Å². The molecular weight excluding hydrogens is 414 g/mol. The van der Waals surface area contributed by atoms with Gasteiger partial charge in [0.15, 0.2) is 5.13 Å². The molecule has 5 nitrogen and oxygen atoms in total. The maximum atomic E-state index is 12.4. The first-order valence-electron chi connectivity index (χ1n) is 11.1. The van der Waals surface area contributed by atoms with Gasteiger partial charge >= 0.3 is 0 Å². The standard InChI is InChI=1S/C23H29N3O2S2/c27-20(24-4-3-23-11-15-6-16(12-23)8-17(7-15)13-23)9-18-14-30-22(25-18)26-21(28)10-19-2-1-5-29-19/h1-2,5,14-17H,3-4,6-13H2,(H,24,27)(H,25,26,28). The fourth-order valence-corrected chi connectivity index (χ4v) is 7.90. The lowest BCUT2D eigenvalue weighted by Gasteiger charge is -2.57. The first-order valence-corrected chi connectivity index (χ1v) is 12.8. The molecule has 30 heavy (non-hydrogen) atoms. The number of hydrogen-bond donors (Lipinski definition) is 2. The predicted molar refractivity (Wildman–Crippen MR) is 121 cm³/mol. The van der Waals surface area contributed by atoms with Crippen LogP contribution in [0.4, 0.5) is 5.13 Å². The number of amides is 2. The number of thiazole rings is 1. The lowest BCUT2D eigenvalue weighted by molar-refractivity contribution is -0.121. The SMILES string of the molecule is O=C(Cc1csc(NC(=O)Cc2cccs2)n1)NCCC12CC3CC(CC(C3)C1)C2. The third kappa shape index (κ3) is 4.62. The number of aromatic nitrogens is 1. The number of carbonyl (C=O) groups is 2. The van der Waals surface area contributed by atoms with Crippen molar-refractivity contribution in [2.24, 2.45) is 23.2 Å². The van der Waals surface area contributed by atoms with Gasteiger partial charge in [-0.2, -0.15) is 0 Å². The Morgan fingerprint density at radius 2 is 1.77 bits per heavy atom. The summed E-state index contributed by atoms with van der Waals surface area (Å²) in [6.45, 7) is 0.777. The number of nitrogens with zero attached hydrogens (tertiary/aromatic N) is 1. The van der Waals surface area contributed by atoms with Crippen LogP contribution in [0.1, 0.15) is 55.5 Å². The quantitative estimate of drug-likeness (QED) is 0.624. The van der Waals surface area contributed by atoms with E-state index in [0.29, 0.717) is 17.0 Å². The van der Waals surface area contributed by atoms with Crippen molar-refractivity contribution >= 4 is 39.6 Å². The Morgan fingerprint density at radius 3 is 2.43 bits per heavy atom. The first kappa shape index (κ1) is 20.2. The van der Waals surface area contributed by atoms with E-state index in [-0.39, 0.29) is 18.2 Å². The summed E-state index contributed by atoms with van der Waals surface area (Å²) in [6.07, 6.45) is 10.3. The molecule has 0 radical (unpaired) electrons. The van der Waals surface area contributed by atoms with Crippen LogP contribution in [0.15, 0.2) is 22.9 Å². The highest BCUT2D eigenvalue weighted by atomic mass is 32.1. The average molecular weight is 444 g/mol. The monoisotopic (exact) mass is 443 g/mol. The summed E-state index contributed by atoms with van der Waals surface area (Å²) in [7, 11) is 0. The Balaban J connectivity index is 1.06. The molecule has 160 valence electrons. The van der Waals surface area contributed by atoms with Crippen molar-refractivity contribution in [1.29, 1.82) is 0 Å². The maximum absolute atomic E-state index is 12.4. The van der Waals surface area contributed by atoms with E-state index in [2.05, 4.69) is 15.6 Å². The Kier molecular flexibility index (Phi) is 5.67. The third-order valence-corrected chi connectivity index (χ3v) is 8.88. The Hall–Kier alpha value is -1.73. The van der Waals surface area contributed by atoms with Gasteiger partial charge in [-0.05, 0) is 79.6 Å². The van der Waals surface area contributed by atoms with Crippen LogP contribution in [0.25, 0.3) is 0 Å². The van der Waals surface area contributed by atoms with Gasteiger partial charge < -0.3 is 10.6 Å². The van der Waals surface area contributed by atoms with E-state index in [9.17, 15) is 9.59 Å². The van der Waals surface area contributed by atoms with Crippen LogP contribution in [-0.2, 0) is 22.4 Å². The topological polar surface area (TPSA) is 71.1 Å². The molecule has 4 aliphatic rings. The Labute approximate surface area is 185 Å². The van der Waals surface area contributed by atoms with Crippen molar-refractivity contribution in [2.75, 3.05) is 11.9 Å². The summed E-state index contributed by atoms with van der Waals surface area (Å²) in [5, 5.41) is 10.3. The molecule has 6 rings (SSSR count). The van der Waals surface area contributed by atoms with Gasteiger partial charge in [-0.25, -0.2) is 4.98 Å². The van der Waals surface area contributed by atoms with Crippen molar-refractivity contribution < 1.29 is 9.59 Å². The summed E-state index contributed by atoms with van der Waals surface area (Å²) in [5.41, 5.74) is 1.22. The molecule has 2 amide bonds. The van der Waals surface area contributed by atoms with E-state index in [0.717, 1.165) is 41.3 Å². The van der Waals surface area contributed by atoms with Gasteiger partial charge in [0.1, 0.15) is 0 Å². The van der Waals surface area contributed by atoms with Gasteiger partial charge in [0.25, 0.3) is 0 Å². The van der Waals surface area contributed by atoms with E-state index in [4.69, 9.17) is 0 Å². The van der Waals surface area contributed by atoms with Crippen LogP contribution >= 0.6 is 22.7 Å². The highest BCUT2D eigenvalue weighted by Gasteiger charge is 2.50. The zero-order valence-electron chi connectivity index (χ0n) is 17.2. The normalized spacial score (nSPS) is 29.1. The summed E-state index contributed by atoms with van der Waals surface area (Å²) in [4.78, 5) is 29.9. The van der Waals surface area contributed by atoms with Crippen LogP contribution < -0.4 is 10.6 Å². The molecule has 2 heterocycles. The van der Waals surface area contributed by atoms with E-state index < -0.39 is 0 Å². The van der Waals surface area contributed by atoms with Crippen molar-refractivity contribution in [3.63, 3.8) is 0 Å². The fourth-order valence-electron chi connectivity index (χ4n) is 6.47. The molecule has 0 spiro atoms. The van der Waals surface area contributed by atoms with Crippen molar-refractivity contribution in [1.82, 2.24) is 10.3 Å². The minimum atomic E-state index is -0.0709. The minimum Gasteiger partial charge on any atom is -0.356 e. The number of nitrogens with one attached hydrogen (secondary N) is 2. The molecular formula is C23H29N3O2S2. The van der Waals surface area contributed by atoms with Gasteiger partial charge in [0.05, 0.1) is 18.5 Å². The molecule has 0 saturated heterocycles. The predicted octanol–water partition coefficient (Wildman–Crippen LogP) is 4.65. The lowest BCUT2D eigenvalue weighted by Crippen LogP contribution is -2.47. The van der Waals surface area contributed by atoms with E-state index in [1.807, 2.05) is 22.9 Å². The molecule has 2 N–H and O–H groups in total. The minimum absolute atomic E-state index is 0.0292. The molecule has 7 heteroatoms. The molecule has 4 saturated carbocycles. The molecule has 4 aliphatic carbocycles. The van der Waals surface area contributed by atoms with Gasteiger partial charge in [-0.3, -0.25) is 9.59 Å². The van der Waals surface area contributed by atoms with Gasteiger partial charge in [-0.1, -0.05) is 6.07 Å². The first-order chi connectivity index (χ1) is 14.6. The number of anilines is 1. The Bertz CT molecular complexity index is 870. The second-order valence-corrected chi connectivity index (χ2v) is 11.5. The largest absolute Gasteiger partial charge is 0.356 e. The number of hydrogen-bond acceptors (Lipinski definition) is 5. The van der Waals surface area contributed by atoms with Crippen LogP contribution in [-0.4, -0.2) is 23.3 Å². The molecule has 0 aliphatic heterocycles. The molecule has 2 aromatic heterocycles. The van der Waals surface area contributed by atoms with Crippen LogP contribution in [0.3, 0.4) is 0 Å². The molecule has 4 fully saturated rings. The number of rotatable bonds is 8. The van der Waals surface area contributed by atoms with Gasteiger partial charge in [-0.15, -0.1) is 22.7 Å². The van der Waals surface area contributed by atoms with Crippen molar-refractivity contribution in [3.8, 4) is 0 Å². The van der Waals surface area contributed by atoms with Gasteiger partial charge in [0.2, 0.25) is 11.8 Å². The zero-order chi connectivity index (χ0) is 20.6. The molecule has 0 aromatic carbocycles. The molecule has 0 atom stereocenters. The van der Waals surface area contributed by atoms with Crippen molar-refractivity contribution in [2.45, 2.75) is 57.8 Å². The summed E-state index contributed by atoms with van der Waals surface area (Å²) in [5.74, 6) is 2.82. The number of thiophene rings is 1. The summed E-state index contributed by atoms with van der Waals surface area (Å²) >= 11 is 2.95. The second kappa shape index (κ2) is 8.42. The van der Waals surface area contributed by atoms with E-state index in [1.54, 1.807) is 11.3 Å². The molecule has 0 unspecified atom stereocenters. The smallest absolute Gasteiger partial charge is 0.231 e. The van der Waals surface area contributed by atoms with Crippen LogP contribution in [0.5, 0.6) is 0 Å². The van der Waals surface area contributed by atoms with Crippen molar-refractivity contribution in [3.05, 3.63) is 33.5 Å². The summed E-state index contributed by atoms with van der Waals surface area (Å²) < 4.78 is 0. The van der Waals surface area contributed by atoms with Crippen LogP contribution in [0, 0.1) is 23.2 Å². The highest BCUT2D eigenvalue weighted by molar-refractivity contribution is 7.14. The molecule has 2 aromatic rings. The highest BCUT2D eigenvalue weighted by Crippen LogP contribution is 2.61. The summed E-state index contributed by atoms with van der Waals surface area (Å²) in [6, 6.07) is 3.89. The Morgan fingerprint density at radius 1 is 1.03 bits per heavy atom.